The molecule has 0 aromatic heterocycles. The molecule has 1 aromatic carbocycles. The minimum atomic E-state index is -0.0150. The first-order valence-corrected chi connectivity index (χ1v) is 8.87. The number of hydrogen-bond donors (Lipinski definition) is 1. The van der Waals surface area contributed by atoms with Gasteiger partial charge in [0.05, 0.1) is 43.2 Å². The lowest BCUT2D eigenvalue weighted by molar-refractivity contribution is -0.906. The molecule has 0 unspecified atom stereocenters. The molecule has 122 valence electrons. The van der Waals surface area contributed by atoms with Crippen LogP contribution in [0.2, 0.25) is 0 Å². The molecule has 0 aliphatic carbocycles. The molecule has 22 heavy (non-hydrogen) atoms. The fourth-order valence-corrected chi connectivity index (χ4v) is 3.24. The third-order valence-electron chi connectivity index (χ3n) is 4.08. The largest absolute Gasteiger partial charge is 0.492 e. The number of hydrogen-bond acceptors (Lipinski definition) is 3. The molecule has 1 fully saturated rings. The van der Waals surface area contributed by atoms with Gasteiger partial charge in [-0.25, -0.2) is 0 Å². The van der Waals surface area contributed by atoms with E-state index < -0.39 is 0 Å². The van der Waals surface area contributed by atoms with Crippen molar-refractivity contribution in [2.45, 2.75) is 26.2 Å². The molecule has 0 spiro atoms. The molecule has 2 rings (SSSR count). The van der Waals surface area contributed by atoms with Crippen molar-refractivity contribution in [2.24, 2.45) is 5.92 Å². The number of para-hydroxylation sites is 1. The van der Waals surface area contributed by atoms with E-state index in [0.29, 0.717) is 6.61 Å². The maximum atomic E-state index is 11.7. The molecule has 0 radical (unpaired) electrons. The Balaban J connectivity index is 1.61. The van der Waals surface area contributed by atoms with E-state index in [0.717, 1.165) is 55.7 Å². The Hall–Kier alpha value is -1.07. The van der Waals surface area contributed by atoms with Crippen molar-refractivity contribution in [3.8, 4) is 5.75 Å². The van der Waals surface area contributed by atoms with E-state index in [-0.39, 0.29) is 11.9 Å². The third kappa shape index (κ3) is 5.29. The molecule has 1 aliphatic heterocycles. The fraction of sp³-hybridized carbons (Fsp3) is 0.588. The Bertz CT molecular complexity index is 473. The van der Waals surface area contributed by atoms with Gasteiger partial charge >= 0.3 is 5.97 Å². The minimum Gasteiger partial charge on any atom is -0.492 e. The van der Waals surface area contributed by atoms with Gasteiger partial charge in [0.1, 0.15) is 5.75 Å². The average molecular weight is 371 g/mol. The van der Waals surface area contributed by atoms with Crippen LogP contribution in [0.25, 0.3) is 0 Å². The number of benzene rings is 1. The van der Waals surface area contributed by atoms with Crippen LogP contribution in [0.4, 0.5) is 0 Å². The Labute approximate surface area is 140 Å². The lowest BCUT2D eigenvalue weighted by Crippen LogP contribution is -3.13. The summed E-state index contributed by atoms with van der Waals surface area (Å²) in [6, 6.07) is 7.92. The highest BCUT2D eigenvalue weighted by atomic mass is 79.9. The molecular formula is C17H25BrNO3+. The van der Waals surface area contributed by atoms with Gasteiger partial charge < -0.3 is 14.4 Å². The van der Waals surface area contributed by atoms with Gasteiger partial charge in [0.2, 0.25) is 0 Å². The molecule has 4 nitrogen and oxygen atoms in total. The van der Waals surface area contributed by atoms with Crippen molar-refractivity contribution < 1.29 is 19.2 Å². The summed E-state index contributed by atoms with van der Waals surface area (Å²) in [5.41, 5.74) is 0. The molecule has 5 heteroatoms. The predicted octanol–water partition coefficient (Wildman–Crippen LogP) is 2.08. The van der Waals surface area contributed by atoms with Crippen LogP contribution >= 0.6 is 15.9 Å². The van der Waals surface area contributed by atoms with Crippen LogP contribution in [-0.2, 0) is 9.53 Å². The van der Waals surface area contributed by atoms with Crippen molar-refractivity contribution in [1.82, 2.24) is 0 Å². The third-order valence-corrected chi connectivity index (χ3v) is 4.74. The number of piperidine rings is 1. The number of esters is 1. The molecule has 1 aliphatic rings. The normalized spacial score (nSPS) is 21.4. The number of rotatable bonds is 7. The van der Waals surface area contributed by atoms with E-state index >= 15 is 0 Å². The molecule has 0 amide bonds. The number of halogens is 1. The van der Waals surface area contributed by atoms with Crippen molar-refractivity contribution >= 4 is 21.9 Å². The van der Waals surface area contributed by atoms with Gasteiger partial charge in [-0.15, -0.1) is 0 Å². The molecule has 0 saturated carbocycles. The van der Waals surface area contributed by atoms with Crippen molar-refractivity contribution in [2.75, 3.05) is 32.8 Å². The first kappa shape index (κ1) is 17.3. The summed E-state index contributed by atoms with van der Waals surface area (Å²) in [6.07, 6.45) is 2.92. The van der Waals surface area contributed by atoms with Crippen LogP contribution in [0.3, 0.4) is 0 Å². The van der Waals surface area contributed by atoms with Gasteiger partial charge in [0.25, 0.3) is 0 Å². The smallest absolute Gasteiger partial charge is 0.309 e. The lowest BCUT2D eigenvalue weighted by Gasteiger charge is -2.28. The summed E-state index contributed by atoms with van der Waals surface area (Å²) in [5.74, 6) is 0.998. The molecule has 1 heterocycles. The van der Waals surface area contributed by atoms with Gasteiger partial charge in [0, 0.05) is 19.3 Å². The topological polar surface area (TPSA) is 40.0 Å². The van der Waals surface area contributed by atoms with Crippen LogP contribution in [0.1, 0.15) is 26.2 Å². The maximum absolute atomic E-state index is 11.7. The Morgan fingerprint density at radius 3 is 2.73 bits per heavy atom. The van der Waals surface area contributed by atoms with Crippen molar-refractivity contribution in [1.29, 1.82) is 0 Å². The number of likely N-dealkylation sites (tertiary alicyclic amines) is 1. The molecule has 0 bridgehead atoms. The van der Waals surface area contributed by atoms with Crippen LogP contribution < -0.4 is 9.64 Å². The number of ether oxygens (including phenoxy) is 2. The van der Waals surface area contributed by atoms with Gasteiger partial charge in [0.15, 0.2) is 0 Å². The van der Waals surface area contributed by atoms with E-state index in [1.165, 1.54) is 0 Å². The quantitative estimate of drug-likeness (QED) is 0.589. The summed E-state index contributed by atoms with van der Waals surface area (Å²) in [6.45, 7) is 6.28. The molecule has 1 N–H and O–H groups in total. The fourth-order valence-electron chi connectivity index (χ4n) is 2.84. The van der Waals surface area contributed by atoms with Crippen LogP contribution in [0.15, 0.2) is 28.7 Å². The minimum absolute atomic E-state index is 0.0150. The van der Waals surface area contributed by atoms with Crippen molar-refractivity contribution in [3.63, 3.8) is 0 Å². The second-order valence-corrected chi connectivity index (χ2v) is 6.51. The zero-order valence-electron chi connectivity index (χ0n) is 13.1. The number of nitrogens with one attached hydrogen (secondary N) is 1. The van der Waals surface area contributed by atoms with E-state index in [4.69, 9.17) is 9.47 Å². The molecule has 1 aromatic rings. The van der Waals surface area contributed by atoms with Gasteiger partial charge in [-0.05, 0) is 35.0 Å². The second-order valence-electron chi connectivity index (χ2n) is 5.66. The highest BCUT2D eigenvalue weighted by Gasteiger charge is 2.27. The Kier molecular flexibility index (Phi) is 7.19. The number of carbonyl (C=O) groups excluding carboxylic acids is 1. The standard InChI is InChI=1S/C17H24BrNO3/c1-2-21-17(20)14-8-11-19(12-9-14)10-5-13-22-16-7-4-3-6-15(16)18/h3-4,6-7,14H,2,5,8-13H2,1H3/p+1. The van der Waals surface area contributed by atoms with Crippen LogP contribution in [-0.4, -0.2) is 38.8 Å². The highest BCUT2D eigenvalue weighted by molar-refractivity contribution is 9.10. The first-order chi connectivity index (χ1) is 10.7. The van der Waals surface area contributed by atoms with E-state index in [9.17, 15) is 4.79 Å². The van der Waals surface area contributed by atoms with Crippen molar-refractivity contribution in [3.05, 3.63) is 28.7 Å². The summed E-state index contributed by atoms with van der Waals surface area (Å²) in [5, 5.41) is 0. The van der Waals surface area contributed by atoms with Gasteiger partial charge in [-0.3, -0.25) is 4.79 Å². The monoisotopic (exact) mass is 370 g/mol. The lowest BCUT2D eigenvalue weighted by atomic mass is 9.97. The molecule has 0 atom stereocenters. The Morgan fingerprint density at radius 2 is 2.05 bits per heavy atom. The highest BCUT2D eigenvalue weighted by Crippen LogP contribution is 2.23. The van der Waals surface area contributed by atoms with Crippen LogP contribution in [0, 0.1) is 5.92 Å². The van der Waals surface area contributed by atoms with E-state index in [2.05, 4.69) is 15.9 Å². The maximum Gasteiger partial charge on any atom is 0.309 e. The number of quaternary nitrogens is 1. The summed E-state index contributed by atoms with van der Waals surface area (Å²) >= 11 is 3.48. The number of carbonyl (C=O) groups is 1. The predicted molar refractivity (Wildman–Crippen MR) is 89.2 cm³/mol. The second kappa shape index (κ2) is 9.16. The summed E-state index contributed by atoms with van der Waals surface area (Å²) in [4.78, 5) is 13.3. The Morgan fingerprint density at radius 1 is 1.32 bits per heavy atom. The summed E-state index contributed by atoms with van der Waals surface area (Å²) in [7, 11) is 0. The summed E-state index contributed by atoms with van der Waals surface area (Å²) < 4.78 is 11.9. The van der Waals surface area contributed by atoms with E-state index in [1.54, 1.807) is 4.90 Å². The molecular weight excluding hydrogens is 346 g/mol. The zero-order chi connectivity index (χ0) is 15.8. The van der Waals surface area contributed by atoms with Crippen LogP contribution in [0.5, 0.6) is 5.75 Å². The zero-order valence-corrected chi connectivity index (χ0v) is 14.7. The van der Waals surface area contributed by atoms with Gasteiger partial charge in [-0.1, -0.05) is 12.1 Å². The van der Waals surface area contributed by atoms with E-state index in [1.807, 2.05) is 31.2 Å². The van der Waals surface area contributed by atoms with Gasteiger partial charge in [-0.2, -0.15) is 0 Å². The first-order valence-electron chi connectivity index (χ1n) is 8.08. The molecule has 1 saturated heterocycles. The average Bonchev–Trinajstić information content (AvgIpc) is 2.54. The SMILES string of the molecule is CCOC(=O)C1CC[NH+](CCCOc2ccccc2Br)CC1.